The summed E-state index contributed by atoms with van der Waals surface area (Å²) in [6, 6.07) is 0. The Kier molecular flexibility index (Phi) is 10.3. The van der Waals surface area contributed by atoms with Gasteiger partial charge < -0.3 is 14.7 Å². The van der Waals surface area contributed by atoms with Crippen LogP contribution in [0.25, 0.3) is 0 Å². The van der Waals surface area contributed by atoms with Crippen LogP contribution in [0.3, 0.4) is 0 Å². The molecule has 0 radical (unpaired) electrons. The molecule has 4 nitrogen and oxygen atoms in total. The van der Waals surface area contributed by atoms with Crippen molar-refractivity contribution in [1.29, 1.82) is 0 Å². The van der Waals surface area contributed by atoms with Gasteiger partial charge in [-0.05, 0) is 87.7 Å². The van der Waals surface area contributed by atoms with Crippen molar-refractivity contribution in [3.05, 3.63) is 11.8 Å². The van der Waals surface area contributed by atoms with Crippen LogP contribution in [-0.2, 0) is 9.53 Å². The quantitative estimate of drug-likeness (QED) is 0.377. The van der Waals surface area contributed by atoms with E-state index >= 15 is 0 Å². The van der Waals surface area contributed by atoms with Crippen LogP contribution in [0.4, 0.5) is 0 Å². The zero-order valence-electron chi connectivity index (χ0n) is 22.0. The molecule has 3 fully saturated rings. The molecule has 3 aliphatic rings. The van der Waals surface area contributed by atoms with Gasteiger partial charge in [-0.15, -0.1) is 0 Å². The molecule has 0 aromatic heterocycles. The van der Waals surface area contributed by atoms with Gasteiger partial charge in [0.1, 0.15) is 5.78 Å². The number of rotatable bonds is 10. The highest BCUT2D eigenvalue weighted by atomic mass is 16.5. The Bertz CT molecular complexity index is 647. The molecule has 6 atom stereocenters. The fourth-order valence-corrected chi connectivity index (χ4v) is 7.12. The molecule has 0 bridgehead atoms. The lowest BCUT2D eigenvalue weighted by Gasteiger charge is -2.50. The third-order valence-corrected chi connectivity index (χ3v) is 9.07. The number of likely N-dealkylation sites (tertiary alicyclic amines) is 1. The monoisotopic (exact) mass is 461 g/mol. The number of hydrogen-bond acceptors (Lipinski definition) is 4. The van der Waals surface area contributed by atoms with Gasteiger partial charge >= 0.3 is 0 Å². The first kappa shape index (κ1) is 26.7. The van der Waals surface area contributed by atoms with E-state index in [0.717, 1.165) is 25.2 Å². The maximum absolute atomic E-state index is 13.1. The number of carbonyl (C=O) groups is 1. The van der Waals surface area contributed by atoms with Gasteiger partial charge in [-0.3, -0.25) is 4.79 Å². The van der Waals surface area contributed by atoms with Crippen LogP contribution in [0.2, 0.25) is 0 Å². The van der Waals surface area contributed by atoms with E-state index in [9.17, 15) is 9.90 Å². The van der Waals surface area contributed by atoms with Crippen LogP contribution in [0.5, 0.6) is 0 Å². The summed E-state index contributed by atoms with van der Waals surface area (Å²) in [5.74, 6) is 1.66. The summed E-state index contributed by atoms with van der Waals surface area (Å²) < 4.78 is 5.57. The molecule has 33 heavy (non-hydrogen) atoms. The van der Waals surface area contributed by atoms with Crippen LogP contribution in [0.15, 0.2) is 11.8 Å². The average molecular weight is 462 g/mol. The number of ketones is 1. The first-order chi connectivity index (χ1) is 15.9. The lowest BCUT2D eigenvalue weighted by Crippen LogP contribution is -2.52. The highest BCUT2D eigenvalue weighted by Crippen LogP contribution is 2.52. The molecule has 1 N–H and O–H groups in total. The van der Waals surface area contributed by atoms with Gasteiger partial charge in [0.25, 0.3) is 0 Å². The van der Waals surface area contributed by atoms with Crippen LogP contribution < -0.4 is 0 Å². The number of ether oxygens (including phenoxy) is 1. The number of aliphatic hydroxyl groups excluding tert-OH is 1. The molecule has 4 heteroatoms. The second kappa shape index (κ2) is 12.7. The lowest BCUT2D eigenvalue weighted by atomic mass is 9.55. The Morgan fingerprint density at radius 3 is 2.70 bits per heavy atom. The van der Waals surface area contributed by atoms with E-state index in [0.29, 0.717) is 18.1 Å². The van der Waals surface area contributed by atoms with Gasteiger partial charge in [0.05, 0.1) is 12.2 Å². The van der Waals surface area contributed by atoms with Crippen molar-refractivity contribution in [3.8, 4) is 0 Å². The Labute approximate surface area is 203 Å². The minimum Gasteiger partial charge on any atom is -0.390 e. The molecular weight excluding hydrogens is 410 g/mol. The largest absolute Gasteiger partial charge is 0.390 e. The Balaban J connectivity index is 1.52. The zero-order chi connectivity index (χ0) is 23.8. The number of methoxy groups -OCH3 is 1. The molecule has 4 unspecified atom stereocenters. The van der Waals surface area contributed by atoms with Crippen LogP contribution in [0.1, 0.15) is 111 Å². The van der Waals surface area contributed by atoms with Gasteiger partial charge in [0, 0.05) is 32.5 Å². The van der Waals surface area contributed by atoms with E-state index < -0.39 is 6.10 Å². The van der Waals surface area contributed by atoms with Crippen molar-refractivity contribution in [2.24, 2.45) is 23.2 Å². The third kappa shape index (κ3) is 7.31. The van der Waals surface area contributed by atoms with E-state index in [1.54, 1.807) is 12.7 Å². The molecule has 0 aromatic rings. The molecule has 0 spiro atoms. The second-order valence-corrected chi connectivity index (χ2v) is 11.7. The molecule has 190 valence electrons. The number of hydrogen-bond donors (Lipinski definition) is 1. The summed E-state index contributed by atoms with van der Waals surface area (Å²) in [6.07, 6.45) is 17.9. The fraction of sp³-hybridized carbons (Fsp3) is 0.897. The number of allylic oxidation sites excluding steroid dienone is 1. The number of aliphatic hydroxyl groups is 1. The standard InChI is InChI=1S/C29H51NO3/c1-5-7-8-9-11-22(6-2)21-30-14-10-12-23(13-15-30)16-24-17-26(31)25-18-27(32)28(33-4)20-29(25,3)19-24/h21,23-25,27-28,32H,5-20H2,1-4H3/b22-21+/t23?,24?,25-,27?,28?,29+/m1/s1. The van der Waals surface area contributed by atoms with Crippen molar-refractivity contribution in [2.75, 3.05) is 20.2 Å². The van der Waals surface area contributed by atoms with E-state index in [4.69, 9.17) is 4.74 Å². The lowest BCUT2D eigenvalue weighted by molar-refractivity contribution is -0.150. The van der Waals surface area contributed by atoms with Crippen molar-refractivity contribution in [2.45, 2.75) is 123 Å². The van der Waals surface area contributed by atoms with Gasteiger partial charge in [-0.25, -0.2) is 0 Å². The summed E-state index contributed by atoms with van der Waals surface area (Å²) in [7, 11) is 1.70. The van der Waals surface area contributed by atoms with Gasteiger partial charge in [0.2, 0.25) is 0 Å². The number of carbonyl (C=O) groups excluding carboxylic acids is 1. The summed E-state index contributed by atoms with van der Waals surface area (Å²) >= 11 is 0. The van der Waals surface area contributed by atoms with Crippen LogP contribution >= 0.6 is 0 Å². The molecule has 1 saturated heterocycles. The van der Waals surface area contributed by atoms with Gasteiger partial charge in [-0.1, -0.05) is 45.6 Å². The smallest absolute Gasteiger partial charge is 0.136 e. The minimum atomic E-state index is -0.492. The first-order valence-electron chi connectivity index (χ1n) is 14.1. The highest BCUT2D eigenvalue weighted by Gasteiger charge is 2.51. The number of Topliss-reactive ketones (excluding diaryl/α,β-unsaturated/α-hetero) is 1. The normalized spacial score (nSPS) is 35.9. The fourth-order valence-electron chi connectivity index (χ4n) is 7.12. The maximum Gasteiger partial charge on any atom is 0.136 e. The van der Waals surface area contributed by atoms with E-state index in [-0.39, 0.29) is 17.4 Å². The first-order valence-corrected chi connectivity index (χ1v) is 14.1. The molecule has 2 saturated carbocycles. The van der Waals surface area contributed by atoms with Gasteiger partial charge in [0.15, 0.2) is 0 Å². The minimum absolute atomic E-state index is 0.00673. The predicted molar refractivity (Wildman–Crippen MR) is 136 cm³/mol. The molecular formula is C29H51NO3. The summed E-state index contributed by atoms with van der Waals surface area (Å²) in [6.45, 7) is 9.22. The van der Waals surface area contributed by atoms with Crippen LogP contribution in [-0.4, -0.2) is 48.2 Å². The van der Waals surface area contributed by atoms with Crippen molar-refractivity contribution >= 4 is 5.78 Å². The predicted octanol–water partition coefficient (Wildman–Crippen LogP) is 6.51. The SMILES string of the molecule is CCCCCC/C(=C/N1CCCC(CC2CC(=O)[C@H]3CC(O)C(OC)C[C@]3(C)C2)CC1)CC. The highest BCUT2D eigenvalue weighted by molar-refractivity contribution is 5.83. The Hall–Kier alpha value is -0.870. The van der Waals surface area contributed by atoms with E-state index in [2.05, 4.69) is 31.9 Å². The summed E-state index contributed by atoms with van der Waals surface area (Å²) in [5.41, 5.74) is 1.61. The third-order valence-electron chi connectivity index (χ3n) is 9.07. The molecule has 1 aliphatic heterocycles. The topological polar surface area (TPSA) is 49.8 Å². The average Bonchev–Trinajstić information content (AvgIpc) is 3.01. The van der Waals surface area contributed by atoms with Crippen molar-refractivity contribution in [1.82, 2.24) is 4.90 Å². The molecule has 3 rings (SSSR count). The molecule has 2 aliphatic carbocycles. The van der Waals surface area contributed by atoms with Gasteiger partial charge in [-0.2, -0.15) is 0 Å². The van der Waals surface area contributed by atoms with Crippen LogP contribution in [0, 0.1) is 23.2 Å². The Morgan fingerprint density at radius 2 is 1.97 bits per heavy atom. The zero-order valence-corrected chi connectivity index (χ0v) is 22.0. The number of nitrogens with zero attached hydrogens (tertiary/aromatic N) is 1. The number of fused-ring (bicyclic) bond motifs is 1. The number of unbranched alkanes of at least 4 members (excludes halogenated alkanes) is 3. The van der Waals surface area contributed by atoms with Crippen molar-refractivity contribution in [3.63, 3.8) is 0 Å². The maximum atomic E-state index is 13.1. The molecule has 0 amide bonds. The van der Waals surface area contributed by atoms with Crippen molar-refractivity contribution < 1.29 is 14.6 Å². The summed E-state index contributed by atoms with van der Waals surface area (Å²) in [5, 5.41) is 10.4. The molecule has 1 heterocycles. The summed E-state index contributed by atoms with van der Waals surface area (Å²) in [4.78, 5) is 15.7. The van der Waals surface area contributed by atoms with E-state index in [1.807, 2.05) is 0 Å². The second-order valence-electron chi connectivity index (χ2n) is 11.7. The van der Waals surface area contributed by atoms with E-state index in [1.165, 1.54) is 77.3 Å². The molecule has 0 aromatic carbocycles. The Morgan fingerprint density at radius 1 is 1.15 bits per heavy atom.